The molecule has 0 unspecified atom stereocenters. The number of aryl methyl sites for hydroxylation is 1. The number of esters is 1. The summed E-state index contributed by atoms with van der Waals surface area (Å²) >= 11 is 0. The van der Waals surface area contributed by atoms with Gasteiger partial charge in [0, 0.05) is 25.7 Å². The summed E-state index contributed by atoms with van der Waals surface area (Å²) in [5.74, 6) is 0.414. The topological polar surface area (TPSA) is 32.8 Å². The Bertz CT molecular complexity index is 968. The number of carbonyl (C=O) groups is 1. The van der Waals surface area contributed by atoms with Crippen molar-refractivity contribution in [3.8, 4) is 0 Å². The van der Waals surface area contributed by atoms with Crippen LogP contribution in [-0.4, -0.2) is 54.1 Å². The van der Waals surface area contributed by atoms with Gasteiger partial charge in [0.05, 0.1) is 7.11 Å². The number of hydrogen-bond donors (Lipinski definition) is 0. The molecule has 3 aliphatic heterocycles. The molecular weight excluding hydrogens is 384 g/mol. The van der Waals surface area contributed by atoms with Crippen molar-refractivity contribution in [1.82, 2.24) is 9.80 Å². The molecule has 2 aromatic rings. The molecule has 4 heteroatoms. The van der Waals surface area contributed by atoms with Crippen LogP contribution < -0.4 is 0 Å². The number of piperidine rings is 1. The third kappa shape index (κ3) is 3.72. The highest BCUT2D eigenvalue weighted by Gasteiger charge is 2.60. The third-order valence-corrected chi connectivity index (χ3v) is 7.44. The van der Waals surface area contributed by atoms with Crippen molar-refractivity contribution in [3.63, 3.8) is 0 Å². The second-order valence-electron chi connectivity index (χ2n) is 9.51. The van der Waals surface area contributed by atoms with Crippen molar-refractivity contribution in [1.29, 1.82) is 0 Å². The van der Waals surface area contributed by atoms with Crippen LogP contribution in [0.4, 0.5) is 0 Å². The van der Waals surface area contributed by atoms with Crippen LogP contribution in [0.2, 0.25) is 0 Å². The lowest BCUT2D eigenvalue weighted by Crippen LogP contribution is -2.52. The second kappa shape index (κ2) is 8.25. The van der Waals surface area contributed by atoms with Crippen molar-refractivity contribution in [2.45, 2.75) is 44.3 Å². The van der Waals surface area contributed by atoms with Gasteiger partial charge in [-0.15, -0.1) is 0 Å². The van der Waals surface area contributed by atoms with Gasteiger partial charge in [-0.25, -0.2) is 0 Å². The van der Waals surface area contributed by atoms with E-state index in [1.54, 1.807) is 7.11 Å². The van der Waals surface area contributed by atoms with Crippen LogP contribution in [0.25, 0.3) is 6.08 Å². The highest BCUT2D eigenvalue weighted by Crippen LogP contribution is 2.50. The van der Waals surface area contributed by atoms with Crippen LogP contribution >= 0.6 is 0 Å². The molecule has 0 aliphatic carbocycles. The molecule has 0 bridgehead atoms. The number of rotatable bonds is 4. The van der Waals surface area contributed by atoms with Crippen LogP contribution in [0.1, 0.15) is 36.0 Å². The molecule has 0 saturated carbocycles. The third-order valence-electron chi connectivity index (χ3n) is 7.44. The lowest BCUT2D eigenvalue weighted by molar-refractivity contribution is -0.152. The summed E-state index contributed by atoms with van der Waals surface area (Å²) in [6.07, 6.45) is 5.27. The van der Waals surface area contributed by atoms with Crippen LogP contribution in [0.5, 0.6) is 0 Å². The Morgan fingerprint density at radius 3 is 2.68 bits per heavy atom. The average Bonchev–Trinajstić information content (AvgIpc) is 3.32. The first-order chi connectivity index (χ1) is 15.1. The van der Waals surface area contributed by atoms with Gasteiger partial charge in [-0.2, -0.15) is 0 Å². The number of methoxy groups -OCH3 is 1. The number of ether oxygens (including phenoxy) is 1. The van der Waals surface area contributed by atoms with E-state index in [-0.39, 0.29) is 5.97 Å². The quantitative estimate of drug-likeness (QED) is 0.696. The zero-order valence-corrected chi connectivity index (χ0v) is 18.6. The number of nitrogens with zero attached hydrogens (tertiary/aromatic N) is 2. The normalized spacial score (nSPS) is 29.7. The summed E-state index contributed by atoms with van der Waals surface area (Å²) in [4.78, 5) is 18.0. The zero-order chi connectivity index (χ0) is 21.4. The molecule has 3 heterocycles. The summed E-state index contributed by atoms with van der Waals surface area (Å²) in [6, 6.07) is 19.8. The predicted molar refractivity (Wildman–Crippen MR) is 123 cm³/mol. The Balaban J connectivity index is 1.50. The van der Waals surface area contributed by atoms with E-state index < -0.39 is 5.54 Å². The van der Waals surface area contributed by atoms with E-state index in [9.17, 15) is 4.79 Å². The molecule has 31 heavy (non-hydrogen) atoms. The van der Waals surface area contributed by atoms with E-state index in [1.807, 2.05) is 0 Å². The molecule has 5 rings (SSSR count). The van der Waals surface area contributed by atoms with E-state index in [4.69, 9.17) is 4.74 Å². The number of benzene rings is 2. The lowest BCUT2D eigenvalue weighted by atomic mass is 9.83. The van der Waals surface area contributed by atoms with E-state index in [1.165, 1.54) is 22.3 Å². The molecule has 3 aliphatic rings. The summed E-state index contributed by atoms with van der Waals surface area (Å²) in [5.41, 5.74) is 4.87. The molecule has 2 aromatic carbocycles. The fourth-order valence-corrected chi connectivity index (χ4v) is 6.20. The van der Waals surface area contributed by atoms with Gasteiger partial charge in [-0.1, -0.05) is 66.2 Å². The van der Waals surface area contributed by atoms with Gasteiger partial charge in [0.1, 0.15) is 5.54 Å². The van der Waals surface area contributed by atoms with E-state index in [0.29, 0.717) is 12.0 Å². The monoisotopic (exact) mass is 416 g/mol. The maximum absolute atomic E-state index is 12.9. The Labute approximate surface area is 185 Å². The predicted octanol–water partition coefficient (Wildman–Crippen LogP) is 4.29. The average molecular weight is 417 g/mol. The molecule has 3 atom stereocenters. The summed E-state index contributed by atoms with van der Waals surface area (Å²) in [7, 11) is 1.54. The van der Waals surface area contributed by atoms with Crippen molar-refractivity contribution in [2.75, 3.05) is 26.7 Å². The van der Waals surface area contributed by atoms with Gasteiger partial charge >= 0.3 is 5.97 Å². The number of fused-ring (bicyclic) bond motifs is 3. The molecule has 3 saturated heterocycles. The van der Waals surface area contributed by atoms with Gasteiger partial charge in [0.15, 0.2) is 0 Å². The minimum atomic E-state index is -0.431. The summed E-state index contributed by atoms with van der Waals surface area (Å²) in [6.45, 7) is 6.03. The van der Waals surface area contributed by atoms with Gasteiger partial charge in [0.25, 0.3) is 0 Å². The number of carbonyl (C=O) groups excluding carboxylic acids is 1. The van der Waals surface area contributed by atoms with Crippen molar-refractivity contribution >= 4 is 12.0 Å². The van der Waals surface area contributed by atoms with Gasteiger partial charge in [0.2, 0.25) is 0 Å². The van der Waals surface area contributed by atoms with Crippen LogP contribution in [0.15, 0.2) is 60.2 Å². The number of likely N-dealkylation sites (tertiary alicyclic amines) is 1. The molecule has 4 nitrogen and oxygen atoms in total. The van der Waals surface area contributed by atoms with Crippen molar-refractivity contribution in [3.05, 3.63) is 76.9 Å². The second-order valence-corrected chi connectivity index (χ2v) is 9.51. The molecule has 0 radical (unpaired) electrons. The van der Waals surface area contributed by atoms with Crippen molar-refractivity contribution in [2.24, 2.45) is 5.92 Å². The van der Waals surface area contributed by atoms with Crippen molar-refractivity contribution < 1.29 is 9.53 Å². The Hall–Kier alpha value is -2.43. The Morgan fingerprint density at radius 1 is 1.16 bits per heavy atom. The van der Waals surface area contributed by atoms with E-state index in [0.717, 1.165) is 45.4 Å². The summed E-state index contributed by atoms with van der Waals surface area (Å²) in [5, 5.41) is 0. The molecule has 3 fully saturated rings. The largest absolute Gasteiger partial charge is 0.468 e. The Kier molecular flexibility index (Phi) is 5.45. The van der Waals surface area contributed by atoms with Gasteiger partial charge < -0.3 is 4.74 Å². The van der Waals surface area contributed by atoms with Gasteiger partial charge in [-0.05, 0) is 55.3 Å². The molecule has 0 N–H and O–H groups in total. The molecule has 0 spiro atoms. The highest BCUT2D eigenvalue weighted by atomic mass is 16.5. The lowest BCUT2D eigenvalue weighted by Gasteiger charge is -2.40. The SMILES string of the molecule is COC(=O)[C@]12CCCN1[C@H]1/C(=C/c3ccc(C)cc3)CN(Cc3ccccc3)C[C@H]1C2. The first kappa shape index (κ1) is 20.5. The fourth-order valence-electron chi connectivity index (χ4n) is 6.20. The minimum Gasteiger partial charge on any atom is -0.468 e. The first-order valence-electron chi connectivity index (χ1n) is 11.5. The standard InChI is InChI=1S/C27H32N2O2/c1-20-9-11-21(12-10-20)15-23-18-28(17-22-7-4-3-5-8-22)19-24-16-27(26(30)31-2)13-6-14-29(27)25(23)24/h3-5,7-12,15,24-25H,6,13-14,16-19H2,1-2H3/b23-15+/t24-,25+,27-/m1/s1. The van der Waals surface area contributed by atoms with Crippen LogP contribution in [0, 0.1) is 12.8 Å². The zero-order valence-electron chi connectivity index (χ0n) is 18.6. The first-order valence-corrected chi connectivity index (χ1v) is 11.5. The maximum atomic E-state index is 12.9. The fraction of sp³-hybridized carbons (Fsp3) is 0.444. The Morgan fingerprint density at radius 2 is 1.94 bits per heavy atom. The molecule has 162 valence electrons. The summed E-state index contributed by atoms with van der Waals surface area (Å²) < 4.78 is 5.32. The highest BCUT2D eigenvalue weighted by molar-refractivity contribution is 5.82. The smallest absolute Gasteiger partial charge is 0.326 e. The molecule has 0 aromatic heterocycles. The van der Waals surface area contributed by atoms with Crippen LogP contribution in [0.3, 0.4) is 0 Å². The minimum absolute atomic E-state index is 0.0382. The molecular formula is C27H32N2O2. The van der Waals surface area contributed by atoms with Crippen LogP contribution in [-0.2, 0) is 16.1 Å². The van der Waals surface area contributed by atoms with E-state index in [2.05, 4.69) is 77.4 Å². The van der Waals surface area contributed by atoms with E-state index >= 15 is 0 Å². The maximum Gasteiger partial charge on any atom is 0.326 e. The number of hydrogen-bond acceptors (Lipinski definition) is 4. The van der Waals surface area contributed by atoms with Gasteiger partial charge in [-0.3, -0.25) is 14.6 Å². The molecule has 0 amide bonds.